The summed E-state index contributed by atoms with van der Waals surface area (Å²) in [5.74, 6) is -0.0745. The van der Waals surface area contributed by atoms with Crippen LogP contribution in [0.2, 0.25) is 0 Å². The fourth-order valence-corrected chi connectivity index (χ4v) is 2.19. The molecule has 1 aromatic rings. The van der Waals surface area contributed by atoms with Crippen molar-refractivity contribution in [3.05, 3.63) is 11.9 Å². The Kier molecular flexibility index (Phi) is 3.33. The number of amides is 1. The van der Waals surface area contributed by atoms with Crippen LogP contribution in [0, 0.1) is 0 Å². The average molecular weight is 237 g/mol. The average Bonchev–Trinajstić information content (AvgIpc) is 2.74. The number of carbonyl (C=O) groups is 1. The molecule has 0 aliphatic carbocycles. The molecule has 2 heterocycles. The summed E-state index contributed by atoms with van der Waals surface area (Å²) in [6.45, 7) is 2.06. The van der Waals surface area contributed by atoms with Gasteiger partial charge in [0.05, 0.1) is 11.9 Å². The number of nitrogens with two attached hydrogens (primary N) is 1. The van der Waals surface area contributed by atoms with Crippen LogP contribution in [0.4, 0.5) is 5.69 Å². The number of nitrogens with zero attached hydrogens (tertiary/aromatic N) is 3. The number of aromatic amines is 1. The van der Waals surface area contributed by atoms with Crippen LogP contribution in [0.1, 0.15) is 23.3 Å². The second kappa shape index (κ2) is 4.75. The molecular weight excluding hydrogens is 218 g/mol. The minimum absolute atomic E-state index is 0.0745. The lowest BCUT2D eigenvalue weighted by molar-refractivity contribution is 0.0655. The second-order valence-corrected chi connectivity index (χ2v) is 4.65. The van der Waals surface area contributed by atoms with Crippen molar-refractivity contribution in [2.45, 2.75) is 18.9 Å². The molecule has 1 aliphatic heterocycles. The van der Waals surface area contributed by atoms with E-state index in [4.69, 9.17) is 5.73 Å². The normalized spacial score (nSPS) is 18.2. The van der Waals surface area contributed by atoms with E-state index in [1.807, 2.05) is 7.05 Å². The van der Waals surface area contributed by atoms with Crippen molar-refractivity contribution in [1.82, 2.24) is 20.0 Å². The number of nitrogen functional groups attached to an aromatic ring is 1. The van der Waals surface area contributed by atoms with Gasteiger partial charge in [0.25, 0.3) is 5.91 Å². The standard InChI is InChI=1S/C11H19N5O/c1-15-5-3-8(4-6-15)16(2)11(17)10-9(12)7-13-14-10/h7-8H,3-6,12H2,1-2H3,(H,13,14). The van der Waals surface area contributed by atoms with E-state index in [9.17, 15) is 4.79 Å². The number of anilines is 1. The van der Waals surface area contributed by atoms with E-state index < -0.39 is 0 Å². The first-order chi connectivity index (χ1) is 8.09. The van der Waals surface area contributed by atoms with Gasteiger partial charge in [-0.05, 0) is 33.0 Å². The third-order valence-electron chi connectivity index (χ3n) is 3.44. The highest BCUT2D eigenvalue weighted by molar-refractivity contribution is 5.97. The molecule has 17 heavy (non-hydrogen) atoms. The molecule has 1 amide bonds. The van der Waals surface area contributed by atoms with E-state index in [1.165, 1.54) is 6.20 Å². The number of aromatic nitrogens is 2. The Morgan fingerprint density at radius 3 is 2.76 bits per heavy atom. The summed E-state index contributed by atoms with van der Waals surface area (Å²) in [7, 11) is 3.93. The fourth-order valence-electron chi connectivity index (χ4n) is 2.19. The molecule has 1 fully saturated rings. The van der Waals surface area contributed by atoms with Gasteiger partial charge < -0.3 is 15.5 Å². The number of carbonyl (C=O) groups excluding carboxylic acids is 1. The first-order valence-corrected chi connectivity index (χ1v) is 5.84. The van der Waals surface area contributed by atoms with Gasteiger partial charge in [0.1, 0.15) is 5.69 Å². The Balaban J connectivity index is 2.03. The molecule has 2 rings (SSSR count). The van der Waals surface area contributed by atoms with Crippen LogP contribution in [-0.2, 0) is 0 Å². The molecule has 0 radical (unpaired) electrons. The second-order valence-electron chi connectivity index (χ2n) is 4.65. The predicted octanol–water partition coefficient (Wildman–Crippen LogP) is 0.158. The Bertz CT molecular complexity index is 394. The summed E-state index contributed by atoms with van der Waals surface area (Å²) in [5.41, 5.74) is 6.49. The van der Waals surface area contributed by atoms with Crippen LogP contribution in [0.3, 0.4) is 0 Å². The van der Waals surface area contributed by atoms with Gasteiger partial charge in [-0.15, -0.1) is 0 Å². The molecule has 1 saturated heterocycles. The van der Waals surface area contributed by atoms with E-state index in [1.54, 1.807) is 4.90 Å². The summed E-state index contributed by atoms with van der Waals surface area (Å²) in [4.78, 5) is 16.2. The third kappa shape index (κ3) is 2.41. The van der Waals surface area contributed by atoms with Crippen LogP contribution in [0.15, 0.2) is 6.20 Å². The molecule has 6 heteroatoms. The van der Waals surface area contributed by atoms with Crippen molar-refractivity contribution in [2.24, 2.45) is 0 Å². The third-order valence-corrected chi connectivity index (χ3v) is 3.44. The van der Waals surface area contributed by atoms with Crippen LogP contribution in [0.5, 0.6) is 0 Å². The summed E-state index contributed by atoms with van der Waals surface area (Å²) in [6, 6.07) is 0.293. The lowest BCUT2D eigenvalue weighted by Gasteiger charge is -2.34. The largest absolute Gasteiger partial charge is 0.396 e. The minimum atomic E-state index is -0.0745. The Morgan fingerprint density at radius 2 is 2.24 bits per heavy atom. The van der Waals surface area contributed by atoms with Crippen LogP contribution in [0.25, 0.3) is 0 Å². The quantitative estimate of drug-likeness (QED) is 0.768. The van der Waals surface area contributed by atoms with Crippen molar-refractivity contribution in [1.29, 1.82) is 0 Å². The molecule has 0 aromatic carbocycles. The summed E-state index contributed by atoms with van der Waals surface area (Å²) in [5, 5.41) is 6.43. The van der Waals surface area contributed by atoms with E-state index in [-0.39, 0.29) is 5.91 Å². The highest BCUT2D eigenvalue weighted by atomic mass is 16.2. The smallest absolute Gasteiger partial charge is 0.274 e. The van der Waals surface area contributed by atoms with E-state index in [0.717, 1.165) is 25.9 Å². The van der Waals surface area contributed by atoms with Crippen LogP contribution < -0.4 is 5.73 Å². The van der Waals surface area contributed by atoms with Crippen molar-refractivity contribution >= 4 is 11.6 Å². The predicted molar refractivity (Wildman–Crippen MR) is 65.6 cm³/mol. The molecular formula is C11H19N5O. The molecule has 0 atom stereocenters. The molecule has 6 nitrogen and oxygen atoms in total. The van der Waals surface area contributed by atoms with Gasteiger partial charge in [-0.1, -0.05) is 0 Å². The lowest BCUT2D eigenvalue weighted by Crippen LogP contribution is -2.44. The summed E-state index contributed by atoms with van der Waals surface area (Å²) < 4.78 is 0. The SMILES string of the molecule is CN1CCC(N(C)C(=O)c2[nH]ncc2N)CC1. The zero-order valence-electron chi connectivity index (χ0n) is 10.3. The molecule has 94 valence electrons. The number of nitrogens with one attached hydrogen (secondary N) is 1. The maximum Gasteiger partial charge on any atom is 0.274 e. The highest BCUT2D eigenvalue weighted by Gasteiger charge is 2.26. The summed E-state index contributed by atoms with van der Waals surface area (Å²) in [6.07, 6.45) is 3.48. The Labute approximate surface area is 101 Å². The fraction of sp³-hybridized carbons (Fsp3) is 0.636. The van der Waals surface area contributed by atoms with Gasteiger partial charge in [0, 0.05) is 13.1 Å². The minimum Gasteiger partial charge on any atom is -0.396 e. The zero-order valence-corrected chi connectivity index (χ0v) is 10.3. The van der Waals surface area contributed by atoms with Gasteiger partial charge in [-0.25, -0.2) is 0 Å². The van der Waals surface area contributed by atoms with Crippen molar-refractivity contribution in [3.8, 4) is 0 Å². The topological polar surface area (TPSA) is 78.2 Å². The monoisotopic (exact) mass is 237 g/mol. The number of rotatable bonds is 2. The van der Waals surface area contributed by atoms with E-state index >= 15 is 0 Å². The first kappa shape index (κ1) is 11.9. The van der Waals surface area contributed by atoms with E-state index in [2.05, 4.69) is 22.1 Å². The number of H-pyrrole nitrogens is 1. The van der Waals surface area contributed by atoms with E-state index in [0.29, 0.717) is 17.4 Å². The van der Waals surface area contributed by atoms with Crippen molar-refractivity contribution in [2.75, 3.05) is 32.9 Å². The molecule has 0 saturated carbocycles. The molecule has 0 bridgehead atoms. The number of hydrogen-bond donors (Lipinski definition) is 2. The van der Waals surface area contributed by atoms with Crippen LogP contribution in [-0.4, -0.2) is 59.1 Å². The van der Waals surface area contributed by atoms with Crippen molar-refractivity contribution < 1.29 is 4.79 Å². The van der Waals surface area contributed by atoms with Gasteiger partial charge in [-0.3, -0.25) is 9.89 Å². The number of hydrogen-bond acceptors (Lipinski definition) is 4. The number of likely N-dealkylation sites (tertiary alicyclic amines) is 1. The van der Waals surface area contributed by atoms with Crippen LogP contribution >= 0.6 is 0 Å². The summed E-state index contributed by atoms with van der Waals surface area (Å²) >= 11 is 0. The lowest BCUT2D eigenvalue weighted by atomic mass is 10.0. The maximum atomic E-state index is 12.2. The highest BCUT2D eigenvalue weighted by Crippen LogP contribution is 2.17. The van der Waals surface area contributed by atoms with Crippen molar-refractivity contribution in [3.63, 3.8) is 0 Å². The molecule has 3 N–H and O–H groups in total. The van der Waals surface area contributed by atoms with Gasteiger partial charge in [0.15, 0.2) is 0 Å². The Morgan fingerprint density at radius 1 is 1.59 bits per heavy atom. The molecule has 0 spiro atoms. The van der Waals surface area contributed by atoms with Gasteiger partial charge in [0.2, 0.25) is 0 Å². The molecule has 1 aliphatic rings. The maximum absolute atomic E-state index is 12.2. The zero-order chi connectivity index (χ0) is 12.4. The molecule has 1 aromatic heterocycles. The van der Waals surface area contributed by atoms with Gasteiger partial charge >= 0.3 is 0 Å². The Hall–Kier alpha value is -1.56. The van der Waals surface area contributed by atoms with Gasteiger partial charge in [-0.2, -0.15) is 5.10 Å². The number of piperidine rings is 1. The first-order valence-electron chi connectivity index (χ1n) is 5.84. The molecule has 0 unspecified atom stereocenters.